The molecule has 1 aromatic heterocycles. The zero-order chi connectivity index (χ0) is 27.0. The van der Waals surface area contributed by atoms with Gasteiger partial charge in [0.1, 0.15) is 17.5 Å². The third kappa shape index (κ3) is 5.13. The standard InChI is InChI=1S/C32H33F3N2O/c1-18(15-21-11-12-21)27-25(34)16-19(2)31-28(27)23(17-37-31)32(38)29-24(33)14-13-22(30(29)35)26(36)10-6-9-20-7-4-3-5-8-20/h9,13-14,17,21,36-37H,1-8,10-12,15-16H2. The minimum Gasteiger partial charge on any atom is -0.360 e. The fraction of sp³-hybridized carbons (Fsp3) is 0.375. The highest BCUT2D eigenvalue weighted by Crippen LogP contribution is 2.46. The topological polar surface area (TPSA) is 56.7 Å². The average molecular weight is 519 g/mol. The van der Waals surface area contributed by atoms with Gasteiger partial charge in [-0.25, -0.2) is 13.2 Å². The molecule has 1 heterocycles. The van der Waals surface area contributed by atoms with Crippen LogP contribution >= 0.6 is 0 Å². The van der Waals surface area contributed by atoms with Gasteiger partial charge in [-0.3, -0.25) is 4.79 Å². The van der Waals surface area contributed by atoms with Crippen molar-refractivity contribution in [3.05, 3.63) is 94.1 Å². The van der Waals surface area contributed by atoms with Crippen molar-refractivity contribution < 1.29 is 18.0 Å². The Labute approximate surface area is 221 Å². The van der Waals surface area contributed by atoms with Gasteiger partial charge in [-0.2, -0.15) is 0 Å². The van der Waals surface area contributed by atoms with E-state index in [0.29, 0.717) is 35.6 Å². The van der Waals surface area contributed by atoms with Crippen LogP contribution in [-0.2, 0) is 0 Å². The number of carbonyl (C=O) groups is 1. The Morgan fingerprint density at radius 2 is 1.84 bits per heavy atom. The minimum atomic E-state index is -1.06. The molecule has 0 radical (unpaired) electrons. The van der Waals surface area contributed by atoms with E-state index >= 15 is 8.78 Å². The lowest BCUT2D eigenvalue weighted by Gasteiger charge is -2.21. The van der Waals surface area contributed by atoms with E-state index in [1.54, 1.807) is 0 Å². The van der Waals surface area contributed by atoms with Crippen molar-refractivity contribution in [3.63, 3.8) is 0 Å². The van der Waals surface area contributed by atoms with Crippen LogP contribution in [0.15, 0.2) is 54.5 Å². The SMILES string of the molecule is C=C(CC1CC1)C1=C(F)CC(=C)c2[nH]cc(C(=O)c3c(F)ccc(C(=N)CCC=C4CCCCC4)c3F)c21. The highest BCUT2D eigenvalue weighted by Gasteiger charge is 2.34. The summed E-state index contributed by atoms with van der Waals surface area (Å²) in [5.41, 5.74) is 2.58. The van der Waals surface area contributed by atoms with Crippen molar-refractivity contribution in [1.82, 2.24) is 4.98 Å². The molecular weight excluding hydrogens is 485 g/mol. The number of allylic oxidation sites excluding steroid dienone is 6. The smallest absolute Gasteiger partial charge is 0.201 e. The Hall–Kier alpha value is -3.41. The monoisotopic (exact) mass is 518 g/mol. The van der Waals surface area contributed by atoms with Crippen molar-refractivity contribution >= 4 is 22.6 Å². The van der Waals surface area contributed by atoms with Gasteiger partial charge in [-0.05, 0) is 87.0 Å². The molecule has 3 aliphatic rings. The zero-order valence-corrected chi connectivity index (χ0v) is 21.6. The van der Waals surface area contributed by atoms with Crippen molar-refractivity contribution in [1.29, 1.82) is 5.41 Å². The number of halogens is 3. The maximum atomic E-state index is 15.7. The number of nitrogens with one attached hydrogen (secondary N) is 2. The number of rotatable bonds is 9. The summed E-state index contributed by atoms with van der Waals surface area (Å²) < 4.78 is 45.9. The number of aromatic nitrogens is 1. The van der Waals surface area contributed by atoms with Crippen LogP contribution in [0.4, 0.5) is 13.2 Å². The van der Waals surface area contributed by atoms with Crippen molar-refractivity contribution in [3.8, 4) is 0 Å². The third-order valence-electron chi connectivity index (χ3n) is 7.92. The van der Waals surface area contributed by atoms with Crippen molar-refractivity contribution in [2.24, 2.45) is 5.92 Å². The fourth-order valence-corrected chi connectivity index (χ4v) is 5.68. The van der Waals surface area contributed by atoms with Crippen LogP contribution in [-0.4, -0.2) is 16.5 Å². The van der Waals surface area contributed by atoms with Crippen LogP contribution in [0.1, 0.15) is 103 Å². The van der Waals surface area contributed by atoms with Gasteiger partial charge in [0.05, 0.1) is 5.56 Å². The van der Waals surface area contributed by atoms with E-state index in [2.05, 4.69) is 24.2 Å². The molecule has 2 saturated carbocycles. The summed E-state index contributed by atoms with van der Waals surface area (Å²) in [4.78, 5) is 16.6. The normalized spacial score (nSPS) is 17.4. The molecule has 3 nitrogen and oxygen atoms in total. The van der Waals surface area contributed by atoms with Gasteiger partial charge in [-0.1, -0.05) is 31.2 Å². The number of ketones is 1. The highest BCUT2D eigenvalue weighted by molar-refractivity contribution is 6.15. The lowest BCUT2D eigenvalue weighted by atomic mass is 9.83. The third-order valence-corrected chi connectivity index (χ3v) is 7.92. The largest absolute Gasteiger partial charge is 0.360 e. The molecule has 0 saturated heterocycles. The van der Waals surface area contributed by atoms with E-state index in [4.69, 9.17) is 5.41 Å². The molecule has 2 N–H and O–H groups in total. The highest BCUT2D eigenvalue weighted by atomic mass is 19.1. The number of hydrogen-bond donors (Lipinski definition) is 2. The predicted molar refractivity (Wildman–Crippen MR) is 146 cm³/mol. The lowest BCUT2D eigenvalue weighted by molar-refractivity contribution is 0.103. The summed E-state index contributed by atoms with van der Waals surface area (Å²) in [6.45, 7) is 8.01. The number of H-pyrrole nitrogens is 1. The van der Waals surface area contributed by atoms with Crippen LogP contribution in [0.25, 0.3) is 11.1 Å². The molecule has 0 atom stereocenters. The Morgan fingerprint density at radius 1 is 1.11 bits per heavy atom. The van der Waals surface area contributed by atoms with Crippen LogP contribution in [0.5, 0.6) is 0 Å². The summed E-state index contributed by atoms with van der Waals surface area (Å²) in [6.07, 6.45) is 12.8. The lowest BCUT2D eigenvalue weighted by Crippen LogP contribution is -2.14. The number of carbonyl (C=O) groups excluding carboxylic acids is 1. The first-order chi connectivity index (χ1) is 18.3. The van der Waals surface area contributed by atoms with E-state index < -0.39 is 28.8 Å². The number of fused-ring (bicyclic) bond motifs is 1. The van der Waals surface area contributed by atoms with Gasteiger partial charge in [0.25, 0.3) is 0 Å². The summed E-state index contributed by atoms with van der Waals surface area (Å²) in [7, 11) is 0. The molecule has 5 rings (SSSR count). The molecule has 198 valence electrons. The second-order valence-corrected chi connectivity index (χ2v) is 10.8. The van der Waals surface area contributed by atoms with Gasteiger partial charge in [-0.15, -0.1) is 0 Å². The molecule has 3 aliphatic carbocycles. The molecule has 0 spiro atoms. The van der Waals surface area contributed by atoms with Gasteiger partial charge in [0.15, 0.2) is 0 Å². The van der Waals surface area contributed by atoms with Gasteiger partial charge < -0.3 is 10.4 Å². The zero-order valence-electron chi connectivity index (χ0n) is 21.6. The van der Waals surface area contributed by atoms with E-state index in [-0.39, 0.29) is 40.8 Å². The van der Waals surface area contributed by atoms with Crippen molar-refractivity contribution in [2.45, 2.75) is 70.6 Å². The predicted octanol–water partition coefficient (Wildman–Crippen LogP) is 9.02. The molecule has 6 heteroatoms. The molecule has 2 fully saturated rings. The molecule has 38 heavy (non-hydrogen) atoms. The first-order valence-corrected chi connectivity index (χ1v) is 13.5. The van der Waals surface area contributed by atoms with Gasteiger partial charge in [0, 0.05) is 46.3 Å². The average Bonchev–Trinajstić information content (AvgIpc) is 3.58. The molecule has 0 unspecified atom stereocenters. The summed E-state index contributed by atoms with van der Waals surface area (Å²) >= 11 is 0. The van der Waals surface area contributed by atoms with Gasteiger partial charge >= 0.3 is 0 Å². The fourth-order valence-electron chi connectivity index (χ4n) is 5.68. The molecular formula is C32H33F3N2O. The summed E-state index contributed by atoms with van der Waals surface area (Å²) in [5.74, 6) is -2.96. The first-order valence-electron chi connectivity index (χ1n) is 13.5. The Kier molecular flexibility index (Phi) is 7.42. The van der Waals surface area contributed by atoms with E-state index in [1.807, 2.05) is 0 Å². The van der Waals surface area contributed by atoms with Crippen LogP contribution in [0.2, 0.25) is 0 Å². The summed E-state index contributed by atoms with van der Waals surface area (Å²) in [5, 5.41) is 8.44. The number of aromatic amines is 1. The summed E-state index contributed by atoms with van der Waals surface area (Å²) in [6, 6.07) is 2.25. The Balaban J connectivity index is 1.45. The van der Waals surface area contributed by atoms with E-state index in [0.717, 1.165) is 31.7 Å². The second-order valence-electron chi connectivity index (χ2n) is 10.8. The number of hydrogen-bond acceptors (Lipinski definition) is 2. The quantitative estimate of drug-likeness (QED) is 0.194. The van der Waals surface area contributed by atoms with Crippen LogP contribution < -0.4 is 0 Å². The molecule has 1 aromatic carbocycles. The first kappa shape index (κ1) is 26.2. The Morgan fingerprint density at radius 3 is 2.55 bits per heavy atom. The molecule has 2 aromatic rings. The van der Waals surface area contributed by atoms with Crippen LogP contribution in [0.3, 0.4) is 0 Å². The molecule has 0 bridgehead atoms. The number of benzene rings is 1. The molecule has 0 aliphatic heterocycles. The Bertz CT molecular complexity index is 1400. The maximum absolute atomic E-state index is 15.7. The van der Waals surface area contributed by atoms with Crippen molar-refractivity contribution in [2.75, 3.05) is 0 Å². The van der Waals surface area contributed by atoms with Crippen LogP contribution in [0, 0.1) is 23.0 Å². The van der Waals surface area contributed by atoms with E-state index in [9.17, 15) is 9.18 Å². The van der Waals surface area contributed by atoms with E-state index in [1.165, 1.54) is 37.1 Å². The molecule has 0 amide bonds. The van der Waals surface area contributed by atoms with Gasteiger partial charge in [0.2, 0.25) is 5.78 Å². The second kappa shape index (κ2) is 10.8. The maximum Gasteiger partial charge on any atom is 0.201 e. The minimum absolute atomic E-state index is 0.00824.